The fourth-order valence-corrected chi connectivity index (χ4v) is 6.20. The molecule has 0 amide bonds. The molecule has 0 unspecified atom stereocenters. The van der Waals surface area contributed by atoms with Crippen LogP contribution in [0, 0.1) is 0 Å². The van der Waals surface area contributed by atoms with Crippen LogP contribution >= 0.6 is 0 Å². The van der Waals surface area contributed by atoms with Crippen molar-refractivity contribution in [1.82, 2.24) is 9.97 Å². The zero-order chi connectivity index (χ0) is 30.7. The van der Waals surface area contributed by atoms with E-state index in [4.69, 9.17) is 9.97 Å². The van der Waals surface area contributed by atoms with E-state index >= 15 is 0 Å². The lowest BCUT2D eigenvalue weighted by molar-refractivity contribution is 1.32. The molecule has 2 heterocycles. The second-order valence-electron chi connectivity index (χ2n) is 11.4. The van der Waals surface area contributed by atoms with Gasteiger partial charge in [0.05, 0.1) is 22.8 Å². The maximum absolute atomic E-state index is 5.24. The molecule has 0 bridgehead atoms. The molecule has 6 aromatic carbocycles. The Hall–Kier alpha value is -6.12. The van der Waals surface area contributed by atoms with Crippen LogP contribution in [0.1, 0.15) is 0 Å². The van der Waals surface area contributed by atoms with Gasteiger partial charge in [-0.3, -0.25) is 0 Å². The minimum atomic E-state index is 0.943. The molecule has 0 aliphatic rings. The molecule has 8 rings (SSSR count). The normalized spacial score (nSPS) is 11.0. The Morgan fingerprint density at radius 2 is 0.565 bits per heavy atom. The zero-order valence-electron chi connectivity index (χ0n) is 25.2. The monoisotopic (exact) mass is 586 g/mol. The molecule has 0 aliphatic heterocycles. The van der Waals surface area contributed by atoms with E-state index in [0.29, 0.717) is 0 Å². The van der Waals surface area contributed by atoms with Crippen molar-refractivity contribution in [3.05, 3.63) is 182 Å². The Balaban J connectivity index is 1.33. The van der Waals surface area contributed by atoms with E-state index in [1.807, 2.05) is 12.1 Å². The molecule has 2 heteroatoms. The number of rotatable bonds is 6. The number of nitrogens with zero attached hydrogens (tertiary/aromatic N) is 2. The van der Waals surface area contributed by atoms with Crippen molar-refractivity contribution in [3.63, 3.8) is 0 Å². The maximum Gasteiger partial charge on any atom is 0.0721 e. The van der Waals surface area contributed by atoms with Crippen LogP contribution in [0.25, 0.3) is 78.1 Å². The quantitative estimate of drug-likeness (QED) is 0.194. The molecule has 46 heavy (non-hydrogen) atoms. The Bertz CT molecular complexity index is 2000. The third kappa shape index (κ3) is 5.38. The van der Waals surface area contributed by atoms with Crippen LogP contribution in [-0.2, 0) is 0 Å². The first-order valence-corrected chi connectivity index (χ1v) is 15.6. The summed E-state index contributed by atoms with van der Waals surface area (Å²) in [7, 11) is 0. The highest BCUT2D eigenvalue weighted by Crippen LogP contribution is 2.38. The minimum absolute atomic E-state index is 0.943. The van der Waals surface area contributed by atoms with Crippen LogP contribution in [0.5, 0.6) is 0 Å². The summed E-state index contributed by atoms with van der Waals surface area (Å²) in [5, 5.41) is 2.29. The first-order chi connectivity index (χ1) is 22.8. The fraction of sp³-hybridized carbons (Fsp3) is 0. The molecule has 0 saturated carbocycles. The molecule has 0 aliphatic carbocycles. The highest BCUT2D eigenvalue weighted by molar-refractivity contribution is 6.04. The Morgan fingerprint density at radius 3 is 0.935 bits per heavy atom. The largest absolute Gasteiger partial charge is 0.248 e. The van der Waals surface area contributed by atoms with E-state index in [-0.39, 0.29) is 0 Å². The van der Waals surface area contributed by atoms with Crippen LogP contribution in [-0.4, -0.2) is 9.97 Å². The Morgan fingerprint density at radius 1 is 0.239 bits per heavy atom. The van der Waals surface area contributed by atoms with Gasteiger partial charge in [-0.1, -0.05) is 158 Å². The van der Waals surface area contributed by atoms with E-state index in [0.717, 1.165) is 66.9 Å². The predicted octanol–water partition coefficient (Wildman–Crippen LogP) is 11.6. The number of pyridine rings is 2. The van der Waals surface area contributed by atoms with Gasteiger partial charge in [-0.25, -0.2) is 9.97 Å². The molecule has 2 nitrogen and oxygen atoms in total. The van der Waals surface area contributed by atoms with E-state index in [1.165, 1.54) is 11.1 Å². The first kappa shape index (κ1) is 27.4. The summed E-state index contributed by atoms with van der Waals surface area (Å²) in [5.74, 6) is 0. The Labute approximate surface area is 269 Å². The molecule has 0 fully saturated rings. The average molecular weight is 587 g/mol. The molecular formula is C44H30N2. The first-order valence-electron chi connectivity index (χ1n) is 15.6. The smallest absolute Gasteiger partial charge is 0.0721 e. The fourth-order valence-electron chi connectivity index (χ4n) is 6.20. The van der Waals surface area contributed by atoms with Gasteiger partial charge in [0.15, 0.2) is 0 Å². The summed E-state index contributed by atoms with van der Waals surface area (Å²) >= 11 is 0. The third-order valence-corrected chi connectivity index (χ3v) is 8.48. The van der Waals surface area contributed by atoms with Gasteiger partial charge in [-0.2, -0.15) is 0 Å². The van der Waals surface area contributed by atoms with Crippen molar-refractivity contribution in [3.8, 4) is 67.3 Å². The van der Waals surface area contributed by atoms with E-state index in [1.54, 1.807) is 0 Å². The van der Waals surface area contributed by atoms with Gasteiger partial charge in [-0.05, 0) is 57.3 Å². The van der Waals surface area contributed by atoms with Crippen molar-refractivity contribution in [2.45, 2.75) is 0 Å². The highest BCUT2D eigenvalue weighted by Gasteiger charge is 2.15. The van der Waals surface area contributed by atoms with Crippen molar-refractivity contribution in [2.75, 3.05) is 0 Å². The topological polar surface area (TPSA) is 25.8 Å². The van der Waals surface area contributed by atoms with Gasteiger partial charge in [0.1, 0.15) is 0 Å². The number of fused-ring (bicyclic) bond motifs is 1. The van der Waals surface area contributed by atoms with Crippen LogP contribution in [0.2, 0.25) is 0 Å². The van der Waals surface area contributed by atoms with Crippen molar-refractivity contribution >= 4 is 10.8 Å². The lowest BCUT2D eigenvalue weighted by Crippen LogP contribution is -1.94. The van der Waals surface area contributed by atoms with E-state index < -0.39 is 0 Å². The summed E-state index contributed by atoms with van der Waals surface area (Å²) in [6.07, 6.45) is 0. The van der Waals surface area contributed by atoms with Crippen LogP contribution in [0.3, 0.4) is 0 Å². The summed E-state index contributed by atoms with van der Waals surface area (Å²) < 4.78 is 0. The molecule has 2 aromatic heterocycles. The van der Waals surface area contributed by atoms with Crippen LogP contribution < -0.4 is 0 Å². The molecule has 8 aromatic rings. The predicted molar refractivity (Wildman–Crippen MR) is 192 cm³/mol. The minimum Gasteiger partial charge on any atom is -0.248 e. The highest BCUT2D eigenvalue weighted by atomic mass is 14.7. The van der Waals surface area contributed by atoms with Gasteiger partial charge in [0, 0.05) is 22.3 Å². The third-order valence-electron chi connectivity index (χ3n) is 8.48. The summed E-state index contributed by atoms with van der Waals surface area (Å²) in [5.41, 5.74) is 12.8. The molecule has 0 radical (unpaired) electrons. The zero-order valence-corrected chi connectivity index (χ0v) is 25.2. The van der Waals surface area contributed by atoms with Crippen LogP contribution in [0.15, 0.2) is 182 Å². The van der Waals surface area contributed by atoms with Gasteiger partial charge < -0.3 is 0 Å². The number of aromatic nitrogens is 2. The number of hydrogen-bond acceptors (Lipinski definition) is 2. The van der Waals surface area contributed by atoms with Gasteiger partial charge in [-0.15, -0.1) is 0 Å². The van der Waals surface area contributed by atoms with Gasteiger partial charge in [0.2, 0.25) is 0 Å². The second-order valence-corrected chi connectivity index (χ2v) is 11.4. The van der Waals surface area contributed by atoms with Crippen molar-refractivity contribution in [1.29, 1.82) is 0 Å². The molecule has 0 N–H and O–H groups in total. The summed E-state index contributed by atoms with van der Waals surface area (Å²) in [6, 6.07) is 63.8. The van der Waals surface area contributed by atoms with Crippen molar-refractivity contribution in [2.24, 2.45) is 0 Å². The molecular weight excluding hydrogens is 556 g/mol. The molecule has 0 spiro atoms. The number of hydrogen-bond donors (Lipinski definition) is 0. The van der Waals surface area contributed by atoms with Gasteiger partial charge in [0.25, 0.3) is 0 Å². The van der Waals surface area contributed by atoms with Gasteiger partial charge >= 0.3 is 0 Å². The second kappa shape index (κ2) is 12.1. The Kier molecular flexibility index (Phi) is 7.22. The van der Waals surface area contributed by atoms with Crippen molar-refractivity contribution < 1.29 is 0 Å². The molecule has 0 saturated heterocycles. The van der Waals surface area contributed by atoms with Crippen LogP contribution in [0.4, 0.5) is 0 Å². The number of benzene rings is 6. The lowest BCUT2D eigenvalue weighted by atomic mass is 9.93. The standard InChI is InChI=1S/C44H30N2/c1-5-15-31(16-6-1)35-27-41(33-19-9-3-10-20-33)45-43(29-35)39-25-13-24-38-37(39)23-14-26-40(38)44-30-36(32-17-7-2-8-18-32)28-42(46-44)34-21-11-4-12-22-34/h1-30H. The SMILES string of the molecule is c1ccc(-c2cc(-c3ccccc3)nc(-c3cccc4c(-c5cc(-c6ccccc6)cc(-c6ccccc6)n5)cccc34)c2)cc1. The molecule has 0 atom stereocenters. The summed E-state index contributed by atoms with van der Waals surface area (Å²) in [6.45, 7) is 0. The van der Waals surface area contributed by atoms with E-state index in [2.05, 4.69) is 170 Å². The lowest BCUT2D eigenvalue weighted by Gasteiger charge is -2.15. The molecule has 216 valence electrons. The summed E-state index contributed by atoms with van der Waals surface area (Å²) in [4.78, 5) is 10.5. The van der Waals surface area contributed by atoms with E-state index in [9.17, 15) is 0 Å². The maximum atomic E-state index is 5.24. The average Bonchev–Trinajstić information content (AvgIpc) is 3.15.